The third-order valence-corrected chi connectivity index (χ3v) is 3.66. The second kappa shape index (κ2) is 7.80. The van der Waals surface area contributed by atoms with Crippen molar-refractivity contribution >= 4 is 6.21 Å². The summed E-state index contributed by atoms with van der Waals surface area (Å²) in [6, 6.07) is 7.42. The summed E-state index contributed by atoms with van der Waals surface area (Å²) in [6.45, 7) is 6.32. The normalized spacial score (nSPS) is 20.8. The van der Waals surface area contributed by atoms with Gasteiger partial charge in [0.2, 0.25) is 0 Å². The first-order valence-electron chi connectivity index (χ1n) is 7.56. The lowest BCUT2D eigenvalue weighted by molar-refractivity contribution is 0.0839. The minimum Gasteiger partial charge on any atom is -0.487 e. The average Bonchev–Trinajstić information content (AvgIpc) is 3.00. The van der Waals surface area contributed by atoms with E-state index in [1.165, 1.54) is 0 Å². The molecule has 1 aromatic rings. The fourth-order valence-corrected chi connectivity index (χ4v) is 2.42. The number of para-hydroxylation sites is 2. The summed E-state index contributed by atoms with van der Waals surface area (Å²) in [5, 5.41) is 10.2. The Morgan fingerprint density at radius 3 is 2.64 bits per heavy atom. The lowest BCUT2D eigenvalue weighted by Gasteiger charge is -2.25. The van der Waals surface area contributed by atoms with Crippen molar-refractivity contribution in [3.8, 4) is 11.5 Å². The van der Waals surface area contributed by atoms with Gasteiger partial charge in [-0.25, -0.2) is 0 Å². The van der Waals surface area contributed by atoms with E-state index in [-0.39, 0.29) is 12.1 Å². The molecule has 22 heavy (non-hydrogen) atoms. The standard InChI is InChI=1S/C18H23NO3/c1-3-12-21-16-8-5-6-9-17(16)22-14-15(20)13-18(4-2)10-7-11-19-18/h3,5-11,15,20H,1,4,12-14H2,2H3. The van der Waals surface area contributed by atoms with Gasteiger partial charge in [-0.05, 0) is 24.6 Å². The van der Waals surface area contributed by atoms with Gasteiger partial charge in [-0.1, -0.05) is 37.8 Å². The van der Waals surface area contributed by atoms with Crippen molar-refractivity contribution in [1.29, 1.82) is 0 Å². The highest BCUT2D eigenvalue weighted by molar-refractivity contribution is 5.75. The summed E-state index contributed by atoms with van der Waals surface area (Å²) in [7, 11) is 0. The summed E-state index contributed by atoms with van der Waals surface area (Å²) in [4.78, 5) is 4.45. The Morgan fingerprint density at radius 2 is 2.05 bits per heavy atom. The predicted octanol–water partition coefficient (Wildman–Crippen LogP) is 3.17. The number of hydrogen-bond acceptors (Lipinski definition) is 4. The van der Waals surface area contributed by atoms with Gasteiger partial charge < -0.3 is 14.6 Å². The molecule has 0 bridgehead atoms. The summed E-state index contributed by atoms with van der Waals surface area (Å²) >= 11 is 0. The fourth-order valence-electron chi connectivity index (χ4n) is 2.42. The van der Waals surface area contributed by atoms with E-state index < -0.39 is 6.10 Å². The van der Waals surface area contributed by atoms with Crippen molar-refractivity contribution < 1.29 is 14.6 Å². The molecule has 0 aromatic heterocycles. The zero-order valence-corrected chi connectivity index (χ0v) is 12.9. The highest BCUT2D eigenvalue weighted by atomic mass is 16.5. The molecule has 4 heteroatoms. The number of aliphatic hydroxyl groups excluding tert-OH is 1. The molecule has 0 spiro atoms. The predicted molar refractivity (Wildman–Crippen MR) is 88.9 cm³/mol. The van der Waals surface area contributed by atoms with Crippen molar-refractivity contribution in [2.45, 2.75) is 31.4 Å². The Balaban J connectivity index is 1.91. The van der Waals surface area contributed by atoms with Crippen LogP contribution >= 0.6 is 0 Å². The van der Waals surface area contributed by atoms with Crippen LogP contribution in [0.3, 0.4) is 0 Å². The van der Waals surface area contributed by atoms with E-state index in [9.17, 15) is 5.11 Å². The maximum atomic E-state index is 10.2. The first-order chi connectivity index (χ1) is 10.7. The third-order valence-electron chi connectivity index (χ3n) is 3.66. The van der Waals surface area contributed by atoms with E-state index in [1.807, 2.05) is 36.4 Å². The van der Waals surface area contributed by atoms with Crippen molar-refractivity contribution in [2.75, 3.05) is 13.2 Å². The zero-order chi connectivity index (χ0) is 15.8. The van der Waals surface area contributed by atoms with Crippen LogP contribution < -0.4 is 9.47 Å². The van der Waals surface area contributed by atoms with Gasteiger partial charge in [-0.2, -0.15) is 0 Å². The van der Waals surface area contributed by atoms with Crippen molar-refractivity contribution in [3.63, 3.8) is 0 Å². The lowest BCUT2D eigenvalue weighted by Crippen LogP contribution is -2.31. The smallest absolute Gasteiger partial charge is 0.161 e. The Labute approximate surface area is 131 Å². The second-order valence-electron chi connectivity index (χ2n) is 5.31. The minimum atomic E-state index is -0.590. The van der Waals surface area contributed by atoms with Gasteiger partial charge in [-0.3, -0.25) is 4.99 Å². The van der Waals surface area contributed by atoms with E-state index in [2.05, 4.69) is 18.5 Å². The van der Waals surface area contributed by atoms with E-state index in [0.29, 0.717) is 24.5 Å². The number of aliphatic hydroxyl groups is 1. The molecular weight excluding hydrogens is 278 g/mol. The molecule has 2 rings (SSSR count). The molecule has 0 radical (unpaired) electrons. The molecule has 0 saturated carbocycles. The second-order valence-corrected chi connectivity index (χ2v) is 5.31. The van der Waals surface area contributed by atoms with Gasteiger partial charge in [-0.15, -0.1) is 0 Å². The summed E-state index contributed by atoms with van der Waals surface area (Å²) < 4.78 is 11.2. The molecular formula is C18H23NO3. The molecule has 0 aliphatic carbocycles. The Bertz CT molecular complexity index is 539. The molecule has 0 fully saturated rings. The number of aliphatic imine (C=N–C) groups is 1. The highest BCUT2D eigenvalue weighted by Gasteiger charge is 2.29. The van der Waals surface area contributed by atoms with Crippen LogP contribution in [-0.2, 0) is 0 Å². The monoisotopic (exact) mass is 301 g/mol. The largest absolute Gasteiger partial charge is 0.487 e. The van der Waals surface area contributed by atoms with Gasteiger partial charge in [0.05, 0.1) is 11.6 Å². The molecule has 1 aliphatic rings. The first-order valence-corrected chi connectivity index (χ1v) is 7.56. The molecule has 2 atom stereocenters. The van der Waals surface area contributed by atoms with E-state index >= 15 is 0 Å². The number of allylic oxidation sites excluding steroid dienone is 1. The molecule has 4 nitrogen and oxygen atoms in total. The lowest BCUT2D eigenvalue weighted by atomic mass is 9.91. The van der Waals surface area contributed by atoms with Crippen LogP contribution in [0.2, 0.25) is 0 Å². The van der Waals surface area contributed by atoms with Crippen LogP contribution in [0.5, 0.6) is 11.5 Å². The van der Waals surface area contributed by atoms with Crippen LogP contribution in [0.1, 0.15) is 19.8 Å². The molecule has 1 heterocycles. The number of rotatable bonds is 9. The topological polar surface area (TPSA) is 51.0 Å². The molecule has 118 valence electrons. The minimum absolute atomic E-state index is 0.208. The summed E-state index contributed by atoms with van der Waals surface area (Å²) in [5.74, 6) is 1.28. The van der Waals surface area contributed by atoms with E-state index in [1.54, 1.807) is 12.3 Å². The molecule has 1 aliphatic heterocycles. The van der Waals surface area contributed by atoms with E-state index in [4.69, 9.17) is 9.47 Å². The number of hydrogen-bond donors (Lipinski definition) is 1. The van der Waals surface area contributed by atoms with Crippen molar-refractivity contribution in [2.24, 2.45) is 4.99 Å². The molecule has 1 aromatic carbocycles. The number of nitrogens with zero attached hydrogens (tertiary/aromatic N) is 1. The quantitative estimate of drug-likeness (QED) is 0.713. The van der Waals surface area contributed by atoms with Gasteiger partial charge in [0.15, 0.2) is 11.5 Å². The number of benzene rings is 1. The van der Waals surface area contributed by atoms with Crippen LogP contribution in [0.15, 0.2) is 54.1 Å². The van der Waals surface area contributed by atoms with Gasteiger partial charge in [0, 0.05) is 12.6 Å². The van der Waals surface area contributed by atoms with Gasteiger partial charge in [0.25, 0.3) is 0 Å². The third kappa shape index (κ3) is 4.21. The van der Waals surface area contributed by atoms with Gasteiger partial charge in [0.1, 0.15) is 13.2 Å². The van der Waals surface area contributed by atoms with Crippen LogP contribution in [-0.4, -0.2) is 36.2 Å². The SMILES string of the molecule is C=CCOc1ccccc1OCC(O)CC1(CC)C=CC=N1. The Morgan fingerprint density at radius 1 is 1.32 bits per heavy atom. The summed E-state index contributed by atoms with van der Waals surface area (Å²) in [6.07, 6.45) is 8.25. The van der Waals surface area contributed by atoms with Gasteiger partial charge >= 0.3 is 0 Å². The average molecular weight is 301 g/mol. The van der Waals surface area contributed by atoms with Crippen molar-refractivity contribution in [3.05, 3.63) is 49.1 Å². The van der Waals surface area contributed by atoms with Crippen molar-refractivity contribution in [1.82, 2.24) is 0 Å². The van der Waals surface area contributed by atoms with Crippen LogP contribution in [0.4, 0.5) is 0 Å². The highest BCUT2D eigenvalue weighted by Crippen LogP contribution is 2.29. The maximum absolute atomic E-state index is 10.2. The Kier molecular flexibility index (Phi) is 5.78. The fraction of sp³-hybridized carbons (Fsp3) is 0.389. The first kappa shape index (κ1) is 16.3. The van der Waals surface area contributed by atoms with E-state index in [0.717, 1.165) is 6.42 Å². The molecule has 0 saturated heterocycles. The molecule has 0 amide bonds. The van der Waals surface area contributed by atoms with Crippen LogP contribution in [0.25, 0.3) is 0 Å². The summed E-state index contributed by atoms with van der Waals surface area (Å²) in [5.41, 5.74) is -0.290. The zero-order valence-electron chi connectivity index (χ0n) is 12.9. The maximum Gasteiger partial charge on any atom is 0.161 e. The Hall–Kier alpha value is -2.07. The molecule has 2 unspecified atom stereocenters. The van der Waals surface area contributed by atoms with Crippen LogP contribution in [0, 0.1) is 0 Å². The molecule has 1 N–H and O–H groups in total. The number of ether oxygens (including phenoxy) is 2.